The number of methoxy groups -OCH3 is 1. The predicted octanol–water partition coefficient (Wildman–Crippen LogP) is 7.32. The van der Waals surface area contributed by atoms with Crippen molar-refractivity contribution in [3.05, 3.63) is 113 Å². The minimum atomic E-state index is -0.209. The zero-order valence-electron chi connectivity index (χ0n) is 18.3. The van der Waals surface area contributed by atoms with Gasteiger partial charge >= 0.3 is 0 Å². The summed E-state index contributed by atoms with van der Waals surface area (Å²) in [5.74, 6) is 2.55. The number of hydrogen-bond acceptors (Lipinski definition) is 5. The summed E-state index contributed by atoms with van der Waals surface area (Å²) in [6, 6.07) is 28.0. The summed E-state index contributed by atoms with van der Waals surface area (Å²) in [6.07, 6.45) is 1.52. The molecular weight excluding hydrogens is 446 g/mol. The normalized spacial score (nSPS) is 14.1. The van der Waals surface area contributed by atoms with Crippen LogP contribution in [0, 0.1) is 0 Å². The third-order valence-corrected chi connectivity index (χ3v) is 6.47. The van der Waals surface area contributed by atoms with Crippen molar-refractivity contribution in [2.75, 3.05) is 12.4 Å². The number of rotatable bonds is 4. The first kappa shape index (κ1) is 20.5. The lowest BCUT2D eigenvalue weighted by Gasteiger charge is -2.30. The van der Waals surface area contributed by atoms with E-state index in [1.807, 2.05) is 60.7 Å². The first-order chi connectivity index (χ1) is 16.7. The van der Waals surface area contributed by atoms with Gasteiger partial charge in [-0.3, -0.25) is 0 Å². The van der Waals surface area contributed by atoms with Crippen LogP contribution in [0.1, 0.15) is 22.6 Å². The van der Waals surface area contributed by atoms with Gasteiger partial charge in [-0.25, -0.2) is 9.97 Å². The van der Waals surface area contributed by atoms with Crippen molar-refractivity contribution < 1.29 is 9.47 Å². The van der Waals surface area contributed by atoms with Crippen LogP contribution in [0.3, 0.4) is 0 Å². The quantitative estimate of drug-likeness (QED) is 0.295. The Morgan fingerprint density at radius 1 is 0.853 bits per heavy atom. The Morgan fingerprint density at radius 3 is 2.47 bits per heavy atom. The number of nitrogens with one attached hydrogen (secondary N) is 1. The molecule has 6 heteroatoms. The van der Waals surface area contributed by atoms with Gasteiger partial charge in [-0.2, -0.15) is 0 Å². The van der Waals surface area contributed by atoms with Gasteiger partial charge in [-0.05, 0) is 41.3 Å². The Bertz CT molecular complexity index is 1520. The molecule has 0 spiro atoms. The molecule has 34 heavy (non-hydrogen) atoms. The second kappa shape index (κ2) is 8.36. The molecule has 1 aliphatic rings. The standard InChI is InChI=1S/C28H20ClN3O2/c1-33-19-13-11-18(12-14-19)32-27-25-24(21-8-4-5-9-23(21)29)22-15-10-17-6-2-3-7-20(17)26(22)34-28(25)31-16-30-27/h2-16,24H,1H3,(H,30,31,32). The third kappa shape index (κ3) is 3.42. The molecule has 0 fully saturated rings. The van der Waals surface area contributed by atoms with Crippen molar-refractivity contribution in [3.63, 3.8) is 0 Å². The zero-order valence-corrected chi connectivity index (χ0v) is 19.1. The van der Waals surface area contributed by atoms with Gasteiger partial charge in [0.2, 0.25) is 5.88 Å². The van der Waals surface area contributed by atoms with Gasteiger partial charge in [0.1, 0.15) is 23.6 Å². The number of hydrogen-bond donors (Lipinski definition) is 1. The lowest BCUT2D eigenvalue weighted by atomic mass is 9.82. The highest BCUT2D eigenvalue weighted by molar-refractivity contribution is 6.31. The van der Waals surface area contributed by atoms with Gasteiger partial charge in [0.15, 0.2) is 0 Å². The molecule has 0 saturated carbocycles. The monoisotopic (exact) mass is 465 g/mol. The molecule has 4 aromatic carbocycles. The van der Waals surface area contributed by atoms with Crippen molar-refractivity contribution in [3.8, 4) is 17.4 Å². The van der Waals surface area contributed by atoms with Crippen LogP contribution in [0.5, 0.6) is 17.4 Å². The van der Waals surface area contributed by atoms with Gasteiger partial charge in [0.25, 0.3) is 0 Å². The number of aromatic nitrogens is 2. The molecule has 166 valence electrons. The number of ether oxygens (including phenoxy) is 2. The molecule has 0 radical (unpaired) electrons. The zero-order chi connectivity index (χ0) is 23.1. The molecule has 0 bridgehead atoms. The Balaban J connectivity index is 1.56. The lowest BCUT2D eigenvalue weighted by Crippen LogP contribution is -2.16. The fraction of sp³-hybridized carbons (Fsp3) is 0.0714. The summed E-state index contributed by atoms with van der Waals surface area (Å²) in [7, 11) is 1.65. The van der Waals surface area contributed by atoms with Gasteiger partial charge in [0.05, 0.1) is 12.7 Å². The topological polar surface area (TPSA) is 56.3 Å². The van der Waals surface area contributed by atoms with Gasteiger partial charge in [-0.1, -0.05) is 66.2 Å². The molecule has 5 aromatic rings. The smallest absolute Gasteiger partial charge is 0.228 e. The number of anilines is 2. The van der Waals surface area contributed by atoms with E-state index < -0.39 is 0 Å². The maximum absolute atomic E-state index is 6.74. The maximum Gasteiger partial charge on any atom is 0.228 e. The van der Waals surface area contributed by atoms with Crippen LogP contribution in [-0.2, 0) is 0 Å². The highest BCUT2D eigenvalue weighted by Crippen LogP contribution is 2.52. The van der Waals surface area contributed by atoms with E-state index in [1.165, 1.54) is 6.33 Å². The van der Waals surface area contributed by atoms with Crippen molar-refractivity contribution >= 4 is 33.9 Å². The number of nitrogens with zero attached hydrogens (tertiary/aromatic N) is 2. The SMILES string of the molecule is COc1ccc(Nc2ncnc3c2C(c2ccccc2Cl)c2ccc4ccccc4c2O3)cc1. The summed E-state index contributed by atoms with van der Waals surface area (Å²) in [4.78, 5) is 9.12. The highest BCUT2D eigenvalue weighted by Gasteiger charge is 2.35. The average Bonchev–Trinajstić information content (AvgIpc) is 2.88. The number of halogens is 1. The fourth-order valence-electron chi connectivity index (χ4n) is 4.52. The lowest BCUT2D eigenvalue weighted by molar-refractivity contribution is 0.415. The van der Waals surface area contributed by atoms with Crippen LogP contribution >= 0.6 is 11.6 Å². The summed E-state index contributed by atoms with van der Waals surface area (Å²) in [5, 5.41) is 6.26. The van der Waals surface area contributed by atoms with Crippen LogP contribution in [0.4, 0.5) is 11.5 Å². The summed E-state index contributed by atoms with van der Waals surface area (Å²) in [5.41, 5.74) is 3.71. The van der Waals surface area contributed by atoms with E-state index in [1.54, 1.807) is 7.11 Å². The van der Waals surface area contributed by atoms with Gasteiger partial charge in [-0.15, -0.1) is 0 Å². The number of fused-ring (bicyclic) bond motifs is 4. The molecule has 1 aliphatic heterocycles. The predicted molar refractivity (Wildman–Crippen MR) is 135 cm³/mol. The molecule has 1 N–H and O–H groups in total. The van der Waals surface area contributed by atoms with E-state index in [9.17, 15) is 0 Å². The highest BCUT2D eigenvalue weighted by atomic mass is 35.5. The van der Waals surface area contributed by atoms with Crippen LogP contribution < -0.4 is 14.8 Å². The summed E-state index contributed by atoms with van der Waals surface area (Å²) in [6.45, 7) is 0. The molecule has 5 nitrogen and oxygen atoms in total. The van der Waals surface area contributed by atoms with Crippen LogP contribution in [-0.4, -0.2) is 17.1 Å². The van der Waals surface area contributed by atoms with E-state index in [2.05, 4.69) is 39.6 Å². The van der Waals surface area contributed by atoms with Crippen LogP contribution in [0.25, 0.3) is 10.8 Å². The van der Waals surface area contributed by atoms with E-state index in [0.29, 0.717) is 16.7 Å². The van der Waals surface area contributed by atoms with Crippen molar-refractivity contribution in [1.29, 1.82) is 0 Å². The van der Waals surface area contributed by atoms with Gasteiger partial charge in [0, 0.05) is 27.6 Å². The molecule has 6 rings (SSSR count). The Morgan fingerprint density at radius 2 is 1.65 bits per heavy atom. The first-order valence-corrected chi connectivity index (χ1v) is 11.3. The summed E-state index contributed by atoms with van der Waals surface area (Å²) >= 11 is 6.74. The molecule has 1 unspecified atom stereocenters. The second-order valence-electron chi connectivity index (χ2n) is 8.06. The molecule has 0 aliphatic carbocycles. The van der Waals surface area contributed by atoms with E-state index in [4.69, 9.17) is 21.1 Å². The second-order valence-corrected chi connectivity index (χ2v) is 8.46. The molecule has 1 atom stereocenters. The molecule has 2 heterocycles. The van der Waals surface area contributed by atoms with Crippen molar-refractivity contribution in [1.82, 2.24) is 9.97 Å². The molecule has 0 saturated heterocycles. The van der Waals surface area contributed by atoms with Crippen molar-refractivity contribution in [2.45, 2.75) is 5.92 Å². The van der Waals surface area contributed by atoms with Crippen LogP contribution in [0.2, 0.25) is 5.02 Å². The number of benzene rings is 4. The fourth-order valence-corrected chi connectivity index (χ4v) is 4.76. The van der Waals surface area contributed by atoms with Gasteiger partial charge < -0.3 is 14.8 Å². The Labute approximate surface area is 202 Å². The first-order valence-electron chi connectivity index (χ1n) is 10.9. The minimum absolute atomic E-state index is 0.209. The maximum atomic E-state index is 6.74. The summed E-state index contributed by atoms with van der Waals surface area (Å²) < 4.78 is 11.7. The van der Waals surface area contributed by atoms with Crippen molar-refractivity contribution in [2.24, 2.45) is 0 Å². The molecule has 1 aromatic heterocycles. The van der Waals surface area contributed by atoms with Crippen LogP contribution in [0.15, 0.2) is 91.3 Å². The third-order valence-electron chi connectivity index (χ3n) is 6.12. The largest absolute Gasteiger partial charge is 0.497 e. The van der Waals surface area contributed by atoms with E-state index in [-0.39, 0.29) is 5.92 Å². The molecular formula is C28H20ClN3O2. The van der Waals surface area contributed by atoms with E-state index >= 15 is 0 Å². The minimum Gasteiger partial charge on any atom is -0.497 e. The Hall–Kier alpha value is -4.09. The Kier molecular flexibility index (Phi) is 5.04. The molecule has 0 amide bonds. The average molecular weight is 466 g/mol. The van der Waals surface area contributed by atoms with E-state index in [0.717, 1.165) is 44.6 Å².